The van der Waals surface area contributed by atoms with Crippen molar-refractivity contribution in [3.05, 3.63) is 24.3 Å². The Labute approximate surface area is 105 Å². The molecule has 2 rings (SSSR count). The van der Waals surface area contributed by atoms with E-state index in [1.807, 2.05) is 6.07 Å². The van der Waals surface area contributed by atoms with Gasteiger partial charge in [0.25, 0.3) is 0 Å². The van der Waals surface area contributed by atoms with Crippen molar-refractivity contribution in [3.8, 4) is 5.75 Å². The van der Waals surface area contributed by atoms with Gasteiger partial charge in [-0.15, -0.1) is 0 Å². The van der Waals surface area contributed by atoms with Crippen molar-refractivity contribution in [2.45, 2.75) is 44.4 Å². The van der Waals surface area contributed by atoms with Crippen LogP contribution in [0.3, 0.4) is 0 Å². The van der Waals surface area contributed by atoms with E-state index >= 15 is 0 Å². The summed E-state index contributed by atoms with van der Waals surface area (Å²) in [6.45, 7) is -2.79. The Bertz CT molecular complexity index is 387. The van der Waals surface area contributed by atoms with E-state index in [1.54, 1.807) is 12.1 Å². The molecule has 0 heterocycles. The Balaban J connectivity index is 1.96. The number of rotatable bonds is 4. The number of hydrogen-bond donors (Lipinski definition) is 2. The highest BCUT2D eigenvalue weighted by molar-refractivity contribution is 5.48. The van der Waals surface area contributed by atoms with Crippen LogP contribution in [-0.4, -0.2) is 18.7 Å². The van der Waals surface area contributed by atoms with Gasteiger partial charge in [-0.3, -0.25) is 0 Å². The molecule has 0 saturated heterocycles. The summed E-state index contributed by atoms with van der Waals surface area (Å²) in [5.41, 5.74) is 6.71. The van der Waals surface area contributed by atoms with E-state index in [1.165, 1.54) is 6.07 Å². The summed E-state index contributed by atoms with van der Waals surface area (Å²) in [5.74, 6) is 0.176. The highest BCUT2D eigenvalue weighted by Crippen LogP contribution is 2.24. The molecule has 1 fully saturated rings. The number of alkyl halides is 2. The lowest BCUT2D eigenvalue weighted by molar-refractivity contribution is -0.0498. The first kappa shape index (κ1) is 13.1. The molecular formula is C13H18F2N2O. The zero-order valence-corrected chi connectivity index (χ0v) is 10.1. The van der Waals surface area contributed by atoms with Crippen LogP contribution in [0.4, 0.5) is 14.5 Å². The average molecular weight is 256 g/mol. The maximum absolute atomic E-state index is 12.1. The minimum atomic E-state index is -2.79. The monoisotopic (exact) mass is 256 g/mol. The highest BCUT2D eigenvalue weighted by Gasteiger charge is 2.19. The van der Waals surface area contributed by atoms with Gasteiger partial charge in [-0.2, -0.15) is 8.78 Å². The molecule has 0 bridgehead atoms. The van der Waals surface area contributed by atoms with Crippen molar-refractivity contribution < 1.29 is 13.5 Å². The number of hydrogen-bond acceptors (Lipinski definition) is 3. The lowest BCUT2D eigenvalue weighted by atomic mass is 9.91. The predicted octanol–water partition coefficient (Wildman–Crippen LogP) is 2.97. The normalized spacial score (nSPS) is 24.0. The van der Waals surface area contributed by atoms with Crippen molar-refractivity contribution in [1.82, 2.24) is 0 Å². The van der Waals surface area contributed by atoms with Gasteiger partial charge >= 0.3 is 6.61 Å². The van der Waals surface area contributed by atoms with Crippen LogP contribution >= 0.6 is 0 Å². The van der Waals surface area contributed by atoms with Crippen LogP contribution in [0.2, 0.25) is 0 Å². The second-order valence-corrected chi connectivity index (χ2v) is 4.67. The summed E-state index contributed by atoms with van der Waals surface area (Å²) in [5, 5.41) is 3.32. The molecule has 0 aromatic heterocycles. The van der Waals surface area contributed by atoms with Gasteiger partial charge in [0.1, 0.15) is 5.75 Å². The number of nitrogens with two attached hydrogens (primary N) is 1. The SMILES string of the molecule is NC1CCCC(Nc2cccc(OC(F)F)c2)C1. The molecule has 1 aliphatic rings. The van der Waals surface area contributed by atoms with Gasteiger partial charge in [-0.25, -0.2) is 0 Å². The Morgan fingerprint density at radius 3 is 2.89 bits per heavy atom. The molecule has 18 heavy (non-hydrogen) atoms. The Morgan fingerprint density at radius 1 is 1.33 bits per heavy atom. The fraction of sp³-hybridized carbons (Fsp3) is 0.538. The Kier molecular flexibility index (Phi) is 4.36. The Morgan fingerprint density at radius 2 is 2.17 bits per heavy atom. The van der Waals surface area contributed by atoms with Crippen molar-refractivity contribution in [2.75, 3.05) is 5.32 Å². The third-order valence-corrected chi connectivity index (χ3v) is 3.14. The first-order chi connectivity index (χ1) is 8.63. The van der Waals surface area contributed by atoms with Crippen LogP contribution in [0, 0.1) is 0 Å². The quantitative estimate of drug-likeness (QED) is 0.870. The lowest BCUT2D eigenvalue weighted by Crippen LogP contribution is -2.34. The highest BCUT2D eigenvalue weighted by atomic mass is 19.3. The van der Waals surface area contributed by atoms with Gasteiger partial charge in [-0.1, -0.05) is 6.07 Å². The molecule has 2 unspecified atom stereocenters. The van der Waals surface area contributed by atoms with E-state index in [0.717, 1.165) is 31.4 Å². The van der Waals surface area contributed by atoms with E-state index in [2.05, 4.69) is 10.1 Å². The molecule has 1 aromatic carbocycles. The molecule has 0 radical (unpaired) electrons. The largest absolute Gasteiger partial charge is 0.435 e. The maximum Gasteiger partial charge on any atom is 0.387 e. The van der Waals surface area contributed by atoms with E-state index < -0.39 is 6.61 Å². The third-order valence-electron chi connectivity index (χ3n) is 3.14. The molecule has 0 amide bonds. The van der Waals surface area contributed by atoms with Gasteiger partial charge in [0.15, 0.2) is 0 Å². The second kappa shape index (κ2) is 6.00. The smallest absolute Gasteiger partial charge is 0.387 e. The van der Waals surface area contributed by atoms with E-state index in [0.29, 0.717) is 6.04 Å². The second-order valence-electron chi connectivity index (χ2n) is 4.67. The number of benzene rings is 1. The number of halogens is 2. The molecule has 3 nitrogen and oxygen atoms in total. The molecule has 3 N–H and O–H groups in total. The molecule has 1 aromatic rings. The van der Waals surface area contributed by atoms with Crippen molar-refractivity contribution >= 4 is 5.69 Å². The molecular weight excluding hydrogens is 238 g/mol. The standard InChI is InChI=1S/C13H18F2N2O/c14-13(15)18-12-6-2-5-11(8-12)17-10-4-1-3-9(16)7-10/h2,5-6,8-10,13,17H,1,3-4,7,16H2. The van der Waals surface area contributed by atoms with Crippen LogP contribution in [0.15, 0.2) is 24.3 Å². The predicted molar refractivity (Wildman–Crippen MR) is 66.9 cm³/mol. The van der Waals surface area contributed by atoms with Crippen LogP contribution in [0.1, 0.15) is 25.7 Å². The van der Waals surface area contributed by atoms with Crippen LogP contribution in [0.25, 0.3) is 0 Å². The van der Waals surface area contributed by atoms with Gasteiger partial charge < -0.3 is 15.8 Å². The summed E-state index contributed by atoms with van der Waals surface area (Å²) in [6, 6.07) is 7.20. The molecule has 5 heteroatoms. The van der Waals surface area contributed by atoms with E-state index in [9.17, 15) is 8.78 Å². The van der Waals surface area contributed by atoms with E-state index in [-0.39, 0.29) is 11.8 Å². The summed E-state index contributed by atoms with van der Waals surface area (Å²) in [4.78, 5) is 0. The summed E-state index contributed by atoms with van der Waals surface area (Å²) in [6.07, 6.45) is 4.15. The van der Waals surface area contributed by atoms with Crippen LogP contribution < -0.4 is 15.8 Å². The lowest BCUT2D eigenvalue weighted by Gasteiger charge is -2.28. The number of anilines is 1. The van der Waals surface area contributed by atoms with Gasteiger partial charge in [-0.05, 0) is 37.8 Å². The zero-order valence-electron chi connectivity index (χ0n) is 10.1. The van der Waals surface area contributed by atoms with Crippen molar-refractivity contribution in [1.29, 1.82) is 0 Å². The van der Waals surface area contributed by atoms with Crippen molar-refractivity contribution in [2.24, 2.45) is 5.73 Å². The minimum Gasteiger partial charge on any atom is -0.435 e. The van der Waals surface area contributed by atoms with Gasteiger partial charge in [0.2, 0.25) is 0 Å². The summed E-state index contributed by atoms with van der Waals surface area (Å²) < 4.78 is 28.6. The van der Waals surface area contributed by atoms with Gasteiger partial charge in [0, 0.05) is 23.8 Å². The van der Waals surface area contributed by atoms with Crippen LogP contribution in [-0.2, 0) is 0 Å². The molecule has 0 spiro atoms. The summed E-state index contributed by atoms with van der Waals surface area (Å²) >= 11 is 0. The first-order valence-corrected chi connectivity index (χ1v) is 6.20. The van der Waals surface area contributed by atoms with Crippen molar-refractivity contribution in [3.63, 3.8) is 0 Å². The minimum absolute atomic E-state index is 0.176. The van der Waals surface area contributed by atoms with Gasteiger partial charge in [0.05, 0.1) is 0 Å². The number of ether oxygens (including phenoxy) is 1. The van der Waals surface area contributed by atoms with Crippen LogP contribution in [0.5, 0.6) is 5.75 Å². The fourth-order valence-corrected chi connectivity index (χ4v) is 2.36. The first-order valence-electron chi connectivity index (χ1n) is 6.20. The fourth-order valence-electron chi connectivity index (χ4n) is 2.36. The topological polar surface area (TPSA) is 47.3 Å². The molecule has 1 saturated carbocycles. The molecule has 100 valence electrons. The molecule has 1 aliphatic carbocycles. The average Bonchev–Trinajstić information content (AvgIpc) is 2.28. The van der Waals surface area contributed by atoms with E-state index in [4.69, 9.17) is 5.73 Å². The summed E-state index contributed by atoms with van der Waals surface area (Å²) in [7, 11) is 0. The maximum atomic E-state index is 12.1. The molecule has 0 aliphatic heterocycles. The zero-order chi connectivity index (χ0) is 13.0. The Hall–Kier alpha value is -1.36. The third kappa shape index (κ3) is 3.84. The number of nitrogens with one attached hydrogen (secondary N) is 1. The molecule has 2 atom stereocenters.